The zero-order valence-electron chi connectivity index (χ0n) is 19.1. The van der Waals surface area contributed by atoms with Gasteiger partial charge in [-0.3, -0.25) is 9.69 Å². The van der Waals surface area contributed by atoms with Crippen molar-refractivity contribution in [1.82, 2.24) is 10.2 Å². The minimum absolute atomic E-state index is 0.0825. The van der Waals surface area contributed by atoms with Gasteiger partial charge in [-0.15, -0.1) is 0 Å². The number of likely N-dealkylation sites (N-methyl/N-ethyl adjacent to an activating group) is 1. The largest absolute Gasteiger partial charge is 0.363 e. The number of carbonyl (C=O) groups excluding carboxylic acids is 2. The van der Waals surface area contributed by atoms with Crippen LogP contribution in [-0.4, -0.2) is 28.9 Å². The summed E-state index contributed by atoms with van der Waals surface area (Å²) in [6, 6.07) is 9.81. The first-order valence-corrected chi connectivity index (χ1v) is 10.8. The molecule has 0 atom stereocenters. The molecule has 0 aliphatic carbocycles. The number of benzene rings is 2. The molecule has 2 aliphatic heterocycles. The van der Waals surface area contributed by atoms with E-state index in [1.54, 1.807) is 24.3 Å². The number of fused-ring (bicyclic) bond motifs is 1. The second kappa shape index (κ2) is 7.93. The summed E-state index contributed by atoms with van der Waals surface area (Å²) in [6.45, 7) is 11.4. The lowest BCUT2D eigenvalue weighted by Crippen LogP contribution is -2.44. The number of hydrogen-bond donors (Lipinski definition) is 1. The van der Waals surface area contributed by atoms with Crippen LogP contribution in [0, 0.1) is 12.7 Å². The van der Waals surface area contributed by atoms with Gasteiger partial charge < -0.3 is 10.2 Å². The summed E-state index contributed by atoms with van der Waals surface area (Å²) >= 11 is 0. The molecule has 32 heavy (non-hydrogen) atoms. The molecule has 3 amide bonds. The number of anilines is 1. The smallest absolute Gasteiger partial charge is 0.329 e. The monoisotopic (exact) mass is 433 g/mol. The van der Waals surface area contributed by atoms with Crippen LogP contribution in [0.1, 0.15) is 49.9 Å². The third-order valence-corrected chi connectivity index (χ3v) is 6.23. The van der Waals surface area contributed by atoms with Crippen LogP contribution in [0.5, 0.6) is 0 Å². The first-order chi connectivity index (χ1) is 15.1. The maximum absolute atomic E-state index is 14.0. The summed E-state index contributed by atoms with van der Waals surface area (Å²) in [4.78, 5) is 28.7. The third kappa shape index (κ3) is 3.70. The third-order valence-electron chi connectivity index (χ3n) is 6.23. The molecule has 0 spiro atoms. The average Bonchev–Trinajstić information content (AvgIpc) is 2.98. The van der Waals surface area contributed by atoms with E-state index in [4.69, 9.17) is 0 Å². The number of amides is 3. The molecule has 4 rings (SSSR count). The summed E-state index contributed by atoms with van der Waals surface area (Å²) in [5.41, 5.74) is 5.74. The molecule has 6 heteroatoms. The molecule has 1 N–H and O–H groups in total. The van der Waals surface area contributed by atoms with Crippen LogP contribution in [0.3, 0.4) is 0 Å². The van der Waals surface area contributed by atoms with Crippen LogP contribution in [0.2, 0.25) is 0 Å². The van der Waals surface area contributed by atoms with Crippen molar-refractivity contribution in [2.75, 3.05) is 11.4 Å². The van der Waals surface area contributed by atoms with E-state index in [1.165, 1.54) is 17.3 Å². The van der Waals surface area contributed by atoms with Crippen molar-refractivity contribution in [3.63, 3.8) is 0 Å². The van der Waals surface area contributed by atoms with Crippen molar-refractivity contribution in [2.45, 2.75) is 46.7 Å². The predicted molar refractivity (Wildman–Crippen MR) is 125 cm³/mol. The first-order valence-electron chi connectivity index (χ1n) is 10.8. The number of rotatable bonds is 4. The van der Waals surface area contributed by atoms with E-state index in [9.17, 15) is 14.0 Å². The number of halogens is 1. The number of carbonyl (C=O) groups is 2. The highest BCUT2D eigenvalue weighted by atomic mass is 19.1. The Balaban J connectivity index is 1.68. The minimum Gasteiger partial charge on any atom is -0.363 e. The van der Waals surface area contributed by atoms with Gasteiger partial charge in [0.25, 0.3) is 5.91 Å². The Morgan fingerprint density at radius 1 is 1.12 bits per heavy atom. The molecule has 0 aromatic heterocycles. The maximum atomic E-state index is 14.0. The molecule has 0 unspecified atom stereocenters. The Hall–Kier alpha value is -3.41. The molecule has 2 aromatic rings. The summed E-state index contributed by atoms with van der Waals surface area (Å²) in [5.74, 6) is -0.902. The SMILES string of the molecule is CCN1c2cc(C)c(/C=C3\NC(=O)N(Cc4ccccc4F)C3=O)cc2C(C)=CC1(C)C. The van der Waals surface area contributed by atoms with Gasteiger partial charge in [0.05, 0.1) is 12.1 Å². The van der Waals surface area contributed by atoms with Crippen LogP contribution >= 0.6 is 0 Å². The molecule has 0 radical (unpaired) electrons. The maximum Gasteiger partial charge on any atom is 0.329 e. The van der Waals surface area contributed by atoms with Gasteiger partial charge in [0.2, 0.25) is 0 Å². The molecule has 1 saturated heterocycles. The van der Waals surface area contributed by atoms with E-state index >= 15 is 0 Å². The first kappa shape index (κ1) is 21.8. The van der Waals surface area contributed by atoms with Gasteiger partial charge in [0, 0.05) is 23.4 Å². The predicted octanol–water partition coefficient (Wildman–Crippen LogP) is 5.25. The summed E-state index contributed by atoms with van der Waals surface area (Å²) < 4.78 is 14.0. The van der Waals surface area contributed by atoms with Crippen molar-refractivity contribution in [3.05, 3.63) is 76.2 Å². The Labute approximate surface area is 188 Å². The molecule has 2 heterocycles. The molecule has 166 valence electrons. The van der Waals surface area contributed by atoms with Gasteiger partial charge in [-0.1, -0.05) is 24.3 Å². The zero-order valence-corrected chi connectivity index (χ0v) is 19.1. The van der Waals surface area contributed by atoms with E-state index in [-0.39, 0.29) is 17.8 Å². The van der Waals surface area contributed by atoms with Crippen LogP contribution in [0.15, 0.2) is 48.2 Å². The fraction of sp³-hybridized carbons (Fsp3) is 0.308. The molecule has 5 nitrogen and oxygen atoms in total. The van der Waals surface area contributed by atoms with Gasteiger partial charge in [0.1, 0.15) is 11.5 Å². The number of urea groups is 1. The normalized spacial score (nSPS) is 18.7. The highest BCUT2D eigenvalue weighted by Crippen LogP contribution is 2.40. The topological polar surface area (TPSA) is 52.7 Å². The van der Waals surface area contributed by atoms with E-state index in [0.29, 0.717) is 5.56 Å². The lowest BCUT2D eigenvalue weighted by atomic mass is 9.87. The van der Waals surface area contributed by atoms with Gasteiger partial charge in [-0.25, -0.2) is 9.18 Å². The number of hydrogen-bond acceptors (Lipinski definition) is 3. The van der Waals surface area contributed by atoms with E-state index in [0.717, 1.165) is 28.1 Å². The van der Waals surface area contributed by atoms with E-state index in [2.05, 4.69) is 56.1 Å². The molecule has 1 fully saturated rings. The summed E-state index contributed by atoms with van der Waals surface area (Å²) in [7, 11) is 0. The molecule has 0 bridgehead atoms. The quantitative estimate of drug-likeness (QED) is 0.529. The number of imide groups is 1. The van der Waals surface area contributed by atoms with Gasteiger partial charge in [-0.2, -0.15) is 0 Å². The molecule has 2 aromatic carbocycles. The lowest BCUT2D eigenvalue weighted by Gasteiger charge is -2.43. The van der Waals surface area contributed by atoms with Crippen molar-refractivity contribution in [2.24, 2.45) is 0 Å². The molecular weight excluding hydrogens is 405 g/mol. The van der Waals surface area contributed by atoms with E-state index in [1.807, 2.05) is 6.92 Å². The van der Waals surface area contributed by atoms with Gasteiger partial charge in [0.15, 0.2) is 0 Å². The Bertz CT molecular complexity index is 1180. The highest BCUT2D eigenvalue weighted by Gasteiger charge is 2.35. The Kier molecular flexibility index (Phi) is 5.41. The standard InChI is InChI=1S/C26H28FN3O2/c1-6-30-23-11-16(2)19(12-20(23)17(3)14-26(30,4)5)13-22-24(31)29(25(32)28-22)15-18-9-7-8-10-21(18)27/h7-14H,6,15H2,1-5H3,(H,28,32)/b22-13-. The van der Waals surface area contributed by atoms with Gasteiger partial charge >= 0.3 is 6.03 Å². The van der Waals surface area contributed by atoms with Crippen LogP contribution in [0.4, 0.5) is 14.9 Å². The Morgan fingerprint density at radius 2 is 1.84 bits per heavy atom. The molecular formula is C26H28FN3O2. The number of allylic oxidation sites excluding steroid dienone is 1. The van der Waals surface area contributed by atoms with Crippen molar-refractivity contribution < 1.29 is 14.0 Å². The average molecular weight is 434 g/mol. The van der Waals surface area contributed by atoms with Crippen LogP contribution in [-0.2, 0) is 11.3 Å². The van der Waals surface area contributed by atoms with Crippen molar-refractivity contribution in [3.8, 4) is 0 Å². The number of aryl methyl sites for hydroxylation is 1. The minimum atomic E-state index is -0.546. The number of nitrogens with zero attached hydrogens (tertiary/aromatic N) is 2. The zero-order chi connectivity index (χ0) is 23.2. The molecule has 0 saturated carbocycles. The Morgan fingerprint density at radius 3 is 2.53 bits per heavy atom. The second-order valence-corrected chi connectivity index (χ2v) is 8.92. The second-order valence-electron chi connectivity index (χ2n) is 8.92. The lowest BCUT2D eigenvalue weighted by molar-refractivity contribution is -0.123. The van der Waals surface area contributed by atoms with E-state index < -0.39 is 17.8 Å². The summed E-state index contributed by atoms with van der Waals surface area (Å²) in [6.07, 6.45) is 3.96. The van der Waals surface area contributed by atoms with Crippen LogP contribution < -0.4 is 10.2 Å². The fourth-order valence-electron chi connectivity index (χ4n) is 4.65. The fourth-order valence-corrected chi connectivity index (χ4v) is 4.65. The molecule has 2 aliphatic rings. The van der Waals surface area contributed by atoms with Crippen molar-refractivity contribution in [1.29, 1.82) is 0 Å². The summed E-state index contributed by atoms with van der Waals surface area (Å²) in [5, 5.41) is 2.64. The van der Waals surface area contributed by atoms with Crippen molar-refractivity contribution >= 4 is 29.3 Å². The highest BCUT2D eigenvalue weighted by molar-refractivity contribution is 6.14. The number of nitrogens with one attached hydrogen (secondary N) is 1. The van der Waals surface area contributed by atoms with Gasteiger partial charge in [-0.05, 0) is 75.6 Å². The van der Waals surface area contributed by atoms with Crippen LogP contribution in [0.25, 0.3) is 11.6 Å².